The highest BCUT2D eigenvalue weighted by Gasteiger charge is 2.09. The average Bonchev–Trinajstić information content (AvgIpc) is 3.00. The Morgan fingerprint density at radius 3 is 2.58 bits per heavy atom. The number of benzene rings is 2. The topological polar surface area (TPSA) is 68.3 Å². The summed E-state index contributed by atoms with van der Waals surface area (Å²) in [6, 6.07) is 14.6. The summed E-state index contributed by atoms with van der Waals surface area (Å²) in [6.07, 6.45) is 1.63. The Bertz CT molecular complexity index is 974. The molecule has 1 heterocycles. The smallest absolute Gasteiger partial charge is 0.223 e. The van der Waals surface area contributed by atoms with E-state index in [2.05, 4.69) is 14.5 Å². The zero-order valence-electron chi connectivity index (χ0n) is 13.3. The van der Waals surface area contributed by atoms with E-state index in [1.165, 1.54) is 0 Å². The minimum Gasteiger partial charge on any atom is -0.339 e. The van der Waals surface area contributed by atoms with Crippen LogP contribution in [0.2, 0.25) is 5.02 Å². The van der Waals surface area contributed by atoms with Gasteiger partial charge in [-0.15, -0.1) is 0 Å². The van der Waals surface area contributed by atoms with Crippen LogP contribution < -0.4 is 0 Å². The first kappa shape index (κ1) is 16.7. The third-order valence-corrected chi connectivity index (χ3v) is 5.46. The van der Waals surface area contributed by atoms with Crippen LogP contribution in [0.15, 0.2) is 62.3 Å². The molecule has 1 unspecified atom stereocenters. The predicted molar refractivity (Wildman–Crippen MR) is 94.4 cm³/mol. The van der Waals surface area contributed by atoms with Gasteiger partial charge in [-0.1, -0.05) is 28.9 Å². The van der Waals surface area contributed by atoms with Gasteiger partial charge in [-0.25, -0.2) is 8.57 Å². The van der Waals surface area contributed by atoms with Crippen LogP contribution in [-0.4, -0.2) is 20.6 Å². The Hall–Kier alpha value is -2.18. The van der Waals surface area contributed by atoms with Crippen molar-refractivity contribution in [2.45, 2.75) is 18.4 Å². The monoisotopic (exact) mass is 361 g/mol. The van der Waals surface area contributed by atoms with Crippen molar-refractivity contribution in [1.29, 1.82) is 0 Å². The fourth-order valence-corrected chi connectivity index (χ4v) is 3.58. The summed E-state index contributed by atoms with van der Waals surface area (Å²) in [7, 11) is -2.50. The molecule has 0 saturated heterocycles. The van der Waals surface area contributed by atoms with Gasteiger partial charge >= 0.3 is 0 Å². The molecule has 0 radical (unpaired) electrons. The number of aromatic nitrogens is 2. The van der Waals surface area contributed by atoms with Gasteiger partial charge < -0.3 is 4.52 Å². The molecule has 24 heavy (non-hydrogen) atoms. The summed E-state index contributed by atoms with van der Waals surface area (Å²) >= 11 is 5.96. The molecular formula is C17H16ClN3O2S. The van der Waals surface area contributed by atoms with E-state index in [4.69, 9.17) is 16.1 Å². The van der Waals surface area contributed by atoms with Gasteiger partial charge in [0.25, 0.3) is 0 Å². The fraction of sp³-hybridized carbons (Fsp3) is 0.176. The van der Waals surface area contributed by atoms with E-state index >= 15 is 0 Å². The van der Waals surface area contributed by atoms with E-state index in [0.29, 0.717) is 28.2 Å². The number of nitrogens with zero attached hydrogens (tertiary/aromatic N) is 3. The molecule has 0 N–H and O–H groups in total. The van der Waals surface area contributed by atoms with Crippen molar-refractivity contribution in [2.24, 2.45) is 4.36 Å². The van der Waals surface area contributed by atoms with Gasteiger partial charge in [0.1, 0.15) is 0 Å². The Balaban J connectivity index is 1.84. The normalized spacial score (nSPS) is 13.5. The zero-order chi connectivity index (χ0) is 17.2. The first-order valence-corrected chi connectivity index (χ1v) is 9.57. The van der Waals surface area contributed by atoms with Gasteiger partial charge in [-0.3, -0.25) is 0 Å². The van der Waals surface area contributed by atoms with E-state index in [9.17, 15) is 4.21 Å². The summed E-state index contributed by atoms with van der Waals surface area (Å²) in [6.45, 7) is 2.08. The van der Waals surface area contributed by atoms with Gasteiger partial charge in [-0.2, -0.15) is 4.98 Å². The highest BCUT2D eigenvalue weighted by Crippen LogP contribution is 2.20. The lowest BCUT2D eigenvalue weighted by Gasteiger charge is -2.06. The number of hydrogen-bond acceptors (Lipinski definition) is 5. The first-order chi connectivity index (χ1) is 11.4. The maximum Gasteiger partial charge on any atom is 0.223 e. The van der Waals surface area contributed by atoms with Crippen molar-refractivity contribution in [3.05, 3.63) is 65.0 Å². The van der Waals surface area contributed by atoms with Crippen molar-refractivity contribution >= 4 is 21.3 Å². The summed E-state index contributed by atoms with van der Waals surface area (Å²) < 4.78 is 22.2. The molecule has 0 spiro atoms. The largest absolute Gasteiger partial charge is 0.339 e. The predicted octanol–water partition coefficient (Wildman–Crippen LogP) is 4.36. The minimum atomic E-state index is -2.50. The van der Waals surface area contributed by atoms with Crippen molar-refractivity contribution in [3.8, 4) is 11.4 Å². The number of aryl methyl sites for hydroxylation is 1. The van der Waals surface area contributed by atoms with Crippen molar-refractivity contribution in [2.75, 3.05) is 6.26 Å². The standard InChI is InChI=1S/C17H16ClN3O2S/c1-12-20-17(21-23-12)14-6-8-16(9-7-14)24(2,22)19-11-13-4-3-5-15(18)10-13/h3-10H,11H2,1-2H3. The van der Waals surface area contributed by atoms with Gasteiger partial charge in [0.05, 0.1) is 16.3 Å². The lowest BCUT2D eigenvalue weighted by molar-refractivity contribution is 0.394. The van der Waals surface area contributed by atoms with E-state index in [0.717, 1.165) is 11.1 Å². The summed E-state index contributed by atoms with van der Waals surface area (Å²) in [5, 5.41) is 4.51. The second kappa shape index (κ2) is 6.75. The molecule has 2 aromatic carbocycles. The molecule has 0 bridgehead atoms. The van der Waals surface area contributed by atoms with E-state index in [-0.39, 0.29) is 0 Å². The van der Waals surface area contributed by atoms with Gasteiger partial charge in [-0.05, 0) is 42.0 Å². The SMILES string of the molecule is Cc1nc(-c2ccc(S(C)(=O)=NCc3cccc(Cl)c3)cc2)no1. The van der Waals surface area contributed by atoms with Crippen LogP contribution in [0.4, 0.5) is 0 Å². The molecule has 3 aromatic rings. The molecule has 0 aliphatic carbocycles. The summed E-state index contributed by atoms with van der Waals surface area (Å²) in [5.41, 5.74) is 1.73. The Labute approximate surface area is 145 Å². The Morgan fingerprint density at radius 2 is 1.96 bits per heavy atom. The molecule has 0 aliphatic heterocycles. The first-order valence-electron chi connectivity index (χ1n) is 7.27. The van der Waals surface area contributed by atoms with E-state index < -0.39 is 9.73 Å². The Morgan fingerprint density at radius 1 is 1.21 bits per heavy atom. The number of hydrogen-bond donors (Lipinski definition) is 0. The third-order valence-electron chi connectivity index (χ3n) is 3.46. The van der Waals surface area contributed by atoms with Crippen LogP contribution in [0.5, 0.6) is 0 Å². The van der Waals surface area contributed by atoms with Crippen LogP contribution in [-0.2, 0) is 16.3 Å². The van der Waals surface area contributed by atoms with Crippen molar-refractivity contribution in [1.82, 2.24) is 10.1 Å². The number of halogens is 1. The molecule has 0 amide bonds. The molecule has 0 fully saturated rings. The fourth-order valence-electron chi connectivity index (χ4n) is 2.18. The van der Waals surface area contributed by atoms with Crippen LogP contribution in [0, 0.1) is 6.92 Å². The average molecular weight is 362 g/mol. The molecule has 1 atom stereocenters. The van der Waals surface area contributed by atoms with E-state index in [1.54, 1.807) is 31.4 Å². The van der Waals surface area contributed by atoms with Crippen LogP contribution >= 0.6 is 11.6 Å². The van der Waals surface area contributed by atoms with Gasteiger partial charge in [0.15, 0.2) is 0 Å². The maximum atomic E-state index is 12.8. The van der Waals surface area contributed by atoms with Gasteiger partial charge in [0, 0.05) is 28.7 Å². The highest BCUT2D eigenvalue weighted by atomic mass is 35.5. The number of rotatable bonds is 4. The molecule has 124 valence electrons. The second-order valence-electron chi connectivity index (χ2n) is 5.38. The summed E-state index contributed by atoms with van der Waals surface area (Å²) in [5.74, 6) is 1.02. The molecule has 1 aromatic heterocycles. The van der Waals surface area contributed by atoms with E-state index in [1.807, 2.05) is 30.3 Å². The summed E-state index contributed by atoms with van der Waals surface area (Å²) in [4.78, 5) is 4.83. The van der Waals surface area contributed by atoms with Gasteiger partial charge in [0.2, 0.25) is 11.7 Å². The molecule has 0 saturated carbocycles. The lowest BCUT2D eigenvalue weighted by Crippen LogP contribution is -1.98. The molecular weight excluding hydrogens is 346 g/mol. The second-order valence-corrected chi connectivity index (χ2v) is 8.15. The zero-order valence-corrected chi connectivity index (χ0v) is 14.8. The van der Waals surface area contributed by atoms with Crippen LogP contribution in [0.25, 0.3) is 11.4 Å². The van der Waals surface area contributed by atoms with Crippen LogP contribution in [0.1, 0.15) is 11.5 Å². The molecule has 3 rings (SSSR count). The highest BCUT2D eigenvalue weighted by molar-refractivity contribution is 7.93. The Kier molecular flexibility index (Phi) is 4.69. The minimum absolute atomic E-state index is 0.349. The third kappa shape index (κ3) is 3.83. The molecule has 7 heteroatoms. The molecule has 5 nitrogen and oxygen atoms in total. The maximum absolute atomic E-state index is 12.8. The molecule has 0 aliphatic rings. The van der Waals surface area contributed by atoms with Crippen molar-refractivity contribution < 1.29 is 8.73 Å². The lowest BCUT2D eigenvalue weighted by atomic mass is 10.2. The quantitative estimate of drug-likeness (QED) is 0.692. The van der Waals surface area contributed by atoms with Crippen molar-refractivity contribution in [3.63, 3.8) is 0 Å². The van der Waals surface area contributed by atoms with Crippen LogP contribution in [0.3, 0.4) is 0 Å².